The van der Waals surface area contributed by atoms with Gasteiger partial charge in [0.2, 0.25) is 10.0 Å². The first-order chi connectivity index (χ1) is 8.33. The van der Waals surface area contributed by atoms with Crippen LogP contribution in [0.25, 0.3) is 0 Å². The van der Waals surface area contributed by atoms with Gasteiger partial charge in [0.05, 0.1) is 4.90 Å². The molecule has 0 atom stereocenters. The maximum atomic E-state index is 12.1. The summed E-state index contributed by atoms with van der Waals surface area (Å²) in [6.07, 6.45) is 1.89. The fourth-order valence-electron chi connectivity index (χ4n) is 1.66. The van der Waals surface area contributed by atoms with Crippen molar-refractivity contribution in [1.29, 1.82) is 0 Å². The molecule has 0 spiro atoms. The third kappa shape index (κ3) is 4.71. The van der Waals surface area contributed by atoms with Crippen LogP contribution < -0.4 is 4.72 Å². The average molecular weight is 334 g/mol. The molecule has 1 N–H and O–H groups in total. The maximum absolute atomic E-state index is 12.1. The van der Waals surface area contributed by atoms with E-state index in [1.165, 1.54) is 0 Å². The monoisotopic (exact) mass is 333 g/mol. The second-order valence-corrected chi connectivity index (χ2v) is 7.49. The third-order valence-electron chi connectivity index (χ3n) is 2.69. The third-order valence-corrected chi connectivity index (χ3v) is 4.79. The Labute approximate surface area is 118 Å². The second kappa shape index (κ2) is 6.68. The molecule has 102 valence electrons. The number of hydrogen-bond acceptors (Lipinski definition) is 2. The number of halogens is 1. The summed E-state index contributed by atoms with van der Waals surface area (Å²) in [7, 11) is -3.39. The molecule has 1 aromatic carbocycles. The summed E-state index contributed by atoms with van der Waals surface area (Å²) >= 11 is 3.30. The summed E-state index contributed by atoms with van der Waals surface area (Å²) in [6, 6.07) is 5.28. The van der Waals surface area contributed by atoms with Crippen molar-refractivity contribution in [3.05, 3.63) is 28.2 Å². The first-order valence-electron chi connectivity index (χ1n) is 6.09. The predicted octanol–water partition coefficient (Wildman–Crippen LogP) is 3.47. The van der Waals surface area contributed by atoms with Crippen molar-refractivity contribution in [2.24, 2.45) is 5.92 Å². The van der Waals surface area contributed by atoms with Gasteiger partial charge in [0.25, 0.3) is 0 Å². The summed E-state index contributed by atoms with van der Waals surface area (Å²) in [4.78, 5) is 0.349. The lowest BCUT2D eigenvalue weighted by atomic mass is 10.1. The van der Waals surface area contributed by atoms with Gasteiger partial charge < -0.3 is 0 Å². The Hall–Kier alpha value is -0.390. The van der Waals surface area contributed by atoms with Crippen molar-refractivity contribution in [3.63, 3.8) is 0 Å². The highest BCUT2D eigenvalue weighted by atomic mass is 79.9. The summed E-state index contributed by atoms with van der Waals surface area (Å²) < 4.78 is 27.7. The molecule has 3 nitrogen and oxygen atoms in total. The molecule has 0 bridgehead atoms. The van der Waals surface area contributed by atoms with Gasteiger partial charge in [-0.3, -0.25) is 0 Å². The Morgan fingerprint density at radius 2 is 2.00 bits per heavy atom. The summed E-state index contributed by atoms with van der Waals surface area (Å²) in [5, 5.41) is 0. The largest absolute Gasteiger partial charge is 0.240 e. The molecule has 0 aliphatic carbocycles. The van der Waals surface area contributed by atoms with Gasteiger partial charge in [0.1, 0.15) is 0 Å². The van der Waals surface area contributed by atoms with Gasteiger partial charge in [-0.2, -0.15) is 0 Å². The van der Waals surface area contributed by atoms with E-state index >= 15 is 0 Å². The molecule has 0 heterocycles. The standard InChI is InChI=1S/C13H20BrNO2S/c1-10(2)5-4-8-15-18(16,17)13-9-12(14)7-6-11(13)3/h6-7,9-10,15H,4-5,8H2,1-3H3. The van der Waals surface area contributed by atoms with Crippen LogP contribution in [0.2, 0.25) is 0 Å². The van der Waals surface area contributed by atoms with Gasteiger partial charge in [-0.1, -0.05) is 35.8 Å². The van der Waals surface area contributed by atoms with Crippen molar-refractivity contribution >= 4 is 26.0 Å². The molecule has 0 fully saturated rings. The normalized spacial score (nSPS) is 12.1. The van der Waals surface area contributed by atoms with Crippen LogP contribution >= 0.6 is 15.9 Å². The first kappa shape index (κ1) is 15.7. The number of hydrogen-bond donors (Lipinski definition) is 1. The van der Waals surface area contributed by atoms with Crippen molar-refractivity contribution in [2.45, 2.75) is 38.5 Å². The molecule has 5 heteroatoms. The van der Waals surface area contributed by atoms with Crippen LogP contribution in [-0.4, -0.2) is 15.0 Å². The van der Waals surface area contributed by atoms with Crippen molar-refractivity contribution in [3.8, 4) is 0 Å². The Morgan fingerprint density at radius 1 is 1.33 bits per heavy atom. The fraction of sp³-hybridized carbons (Fsp3) is 0.538. The average Bonchev–Trinajstić information content (AvgIpc) is 2.27. The topological polar surface area (TPSA) is 46.2 Å². The van der Waals surface area contributed by atoms with Crippen LogP contribution in [-0.2, 0) is 10.0 Å². The molecule has 0 unspecified atom stereocenters. The second-order valence-electron chi connectivity index (χ2n) is 4.84. The molecule has 1 aromatic rings. The van der Waals surface area contributed by atoms with E-state index in [1.54, 1.807) is 19.1 Å². The van der Waals surface area contributed by atoms with Crippen molar-refractivity contribution in [2.75, 3.05) is 6.54 Å². The molecule has 0 saturated heterocycles. The number of aryl methyl sites for hydroxylation is 1. The number of sulfonamides is 1. The Morgan fingerprint density at radius 3 is 2.61 bits per heavy atom. The molecule has 0 aliphatic heterocycles. The van der Waals surface area contributed by atoms with Gasteiger partial charge in [0.15, 0.2) is 0 Å². The number of benzene rings is 1. The molecule has 0 saturated carbocycles. The lowest BCUT2D eigenvalue weighted by Gasteiger charge is -2.10. The number of rotatable bonds is 6. The Bertz CT molecular complexity index is 498. The van der Waals surface area contributed by atoms with E-state index in [4.69, 9.17) is 0 Å². The number of nitrogens with one attached hydrogen (secondary N) is 1. The molecule has 0 aliphatic rings. The van der Waals surface area contributed by atoms with Crippen LogP contribution in [0.15, 0.2) is 27.6 Å². The van der Waals surface area contributed by atoms with Crippen molar-refractivity contribution in [1.82, 2.24) is 4.72 Å². The quantitative estimate of drug-likeness (QED) is 0.810. The van der Waals surface area contributed by atoms with E-state index in [0.717, 1.165) is 22.9 Å². The first-order valence-corrected chi connectivity index (χ1v) is 8.36. The van der Waals surface area contributed by atoms with Gasteiger partial charge in [-0.25, -0.2) is 13.1 Å². The van der Waals surface area contributed by atoms with E-state index < -0.39 is 10.0 Å². The molecular weight excluding hydrogens is 314 g/mol. The van der Waals surface area contributed by atoms with E-state index in [-0.39, 0.29) is 0 Å². The van der Waals surface area contributed by atoms with E-state index in [9.17, 15) is 8.42 Å². The zero-order chi connectivity index (χ0) is 13.8. The van der Waals surface area contributed by atoms with Gasteiger partial charge in [0, 0.05) is 11.0 Å². The highest BCUT2D eigenvalue weighted by molar-refractivity contribution is 9.10. The molecule has 0 amide bonds. The van der Waals surface area contributed by atoms with E-state index in [0.29, 0.717) is 17.4 Å². The summed E-state index contributed by atoms with van der Waals surface area (Å²) in [5.41, 5.74) is 0.759. The smallest absolute Gasteiger partial charge is 0.211 e. The SMILES string of the molecule is Cc1ccc(Br)cc1S(=O)(=O)NCCCC(C)C. The van der Waals surface area contributed by atoms with E-state index in [1.807, 2.05) is 6.07 Å². The molecule has 18 heavy (non-hydrogen) atoms. The van der Waals surface area contributed by atoms with Crippen LogP contribution in [0.3, 0.4) is 0 Å². The van der Waals surface area contributed by atoms with Gasteiger partial charge in [-0.15, -0.1) is 0 Å². The predicted molar refractivity (Wildman–Crippen MR) is 78.1 cm³/mol. The van der Waals surface area contributed by atoms with Crippen LogP contribution in [0, 0.1) is 12.8 Å². The zero-order valence-electron chi connectivity index (χ0n) is 11.0. The zero-order valence-corrected chi connectivity index (χ0v) is 13.4. The fourth-order valence-corrected chi connectivity index (χ4v) is 3.51. The molecule has 0 aromatic heterocycles. The lowest BCUT2D eigenvalue weighted by molar-refractivity contribution is 0.539. The van der Waals surface area contributed by atoms with Crippen molar-refractivity contribution < 1.29 is 8.42 Å². The Kier molecular flexibility index (Phi) is 5.82. The minimum absolute atomic E-state index is 0.349. The Balaban J connectivity index is 2.71. The summed E-state index contributed by atoms with van der Waals surface area (Å²) in [6.45, 7) is 6.56. The lowest BCUT2D eigenvalue weighted by Crippen LogP contribution is -2.25. The van der Waals surface area contributed by atoms with E-state index in [2.05, 4.69) is 34.5 Å². The molecule has 0 radical (unpaired) electrons. The van der Waals surface area contributed by atoms with Crippen LogP contribution in [0.4, 0.5) is 0 Å². The molecule has 1 rings (SSSR count). The summed E-state index contributed by atoms with van der Waals surface area (Å²) in [5.74, 6) is 0.599. The maximum Gasteiger partial charge on any atom is 0.240 e. The van der Waals surface area contributed by atoms with Gasteiger partial charge in [-0.05, 0) is 43.4 Å². The van der Waals surface area contributed by atoms with Crippen LogP contribution in [0.5, 0.6) is 0 Å². The van der Waals surface area contributed by atoms with Gasteiger partial charge >= 0.3 is 0 Å². The molecular formula is C13H20BrNO2S. The highest BCUT2D eigenvalue weighted by Gasteiger charge is 2.16. The highest BCUT2D eigenvalue weighted by Crippen LogP contribution is 2.20. The van der Waals surface area contributed by atoms with Crippen LogP contribution in [0.1, 0.15) is 32.3 Å². The minimum Gasteiger partial charge on any atom is -0.211 e. The minimum atomic E-state index is -3.39.